The smallest absolute Gasteiger partial charge is 0.0628 e. The van der Waals surface area contributed by atoms with Gasteiger partial charge in [0.1, 0.15) is 0 Å². The maximum absolute atomic E-state index is 5.19. The molecule has 1 rings (SSSR count). The van der Waals surface area contributed by atoms with Crippen molar-refractivity contribution in [1.82, 2.24) is 10.2 Å². The molecule has 0 spiro atoms. The number of nitrogens with zero attached hydrogens (tertiary/aromatic N) is 1. The predicted octanol–water partition coefficient (Wildman–Crippen LogP) is 1.34. The van der Waals surface area contributed by atoms with Crippen LogP contribution in [-0.2, 0) is 4.74 Å². The molecule has 1 fully saturated rings. The summed E-state index contributed by atoms with van der Waals surface area (Å²) in [5.74, 6) is 0.969. The van der Waals surface area contributed by atoms with E-state index >= 15 is 0 Å². The molecule has 3 nitrogen and oxygen atoms in total. The Morgan fingerprint density at radius 1 is 1.40 bits per heavy atom. The summed E-state index contributed by atoms with van der Waals surface area (Å²) >= 11 is 0. The van der Waals surface area contributed by atoms with E-state index in [0.717, 1.165) is 19.1 Å². The third-order valence-electron chi connectivity index (χ3n) is 3.54. The molecule has 0 aromatic heterocycles. The topological polar surface area (TPSA) is 24.5 Å². The number of methoxy groups -OCH3 is 1. The van der Waals surface area contributed by atoms with Gasteiger partial charge in [-0.25, -0.2) is 0 Å². The van der Waals surface area contributed by atoms with Gasteiger partial charge in [0.2, 0.25) is 0 Å². The van der Waals surface area contributed by atoms with Crippen LogP contribution in [0.1, 0.15) is 26.2 Å². The Kier molecular flexibility index (Phi) is 6.22. The van der Waals surface area contributed by atoms with Crippen LogP contribution in [0.15, 0.2) is 0 Å². The minimum atomic E-state index is 0.480. The number of piperidine rings is 1. The first-order valence-electron chi connectivity index (χ1n) is 6.18. The molecule has 3 heteroatoms. The lowest BCUT2D eigenvalue weighted by Gasteiger charge is -2.33. The molecule has 1 saturated heterocycles. The first-order valence-corrected chi connectivity index (χ1v) is 6.18. The molecule has 1 N–H and O–H groups in total. The van der Waals surface area contributed by atoms with Crippen molar-refractivity contribution in [3.63, 3.8) is 0 Å². The summed E-state index contributed by atoms with van der Waals surface area (Å²) < 4.78 is 5.19. The molecule has 0 aromatic carbocycles. The zero-order chi connectivity index (χ0) is 11.1. The summed E-state index contributed by atoms with van der Waals surface area (Å²) in [5.41, 5.74) is 0. The number of likely N-dealkylation sites (tertiary alicyclic amines) is 1. The van der Waals surface area contributed by atoms with Crippen LogP contribution in [0.5, 0.6) is 0 Å². The first kappa shape index (κ1) is 12.9. The second-order valence-electron chi connectivity index (χ2n) is 4.59. The third-order valence-corrected chi connectivity index (χ3v) is 3.54. The monoisotopic (exact) mass is 214 g/mol. The summed E-state index contributed by atoms with van der Waals surface area (Å²) in [4.78, 5) is 2.56. The molecule has 1 aliphatic rings. The van der Waals surface area contributed by atoms with Gasteiger partial charge in [-0.3, -0.25) is 0 Å². The van der Waals surface area contributed by atoms with Crippen molar-refractivity contribution in [3.05, 3.63) is 0 Å². The van der Waals surface area contributed by atoms with E-state index in [-0.39, 0.29) is 0 Å². The molecular formula is C12H26N2O. The second kappa shape index (κ2) is 7.20. The van der Waals surface area contributed by atoms with E-state index in [1.165, 1.54) is 32.4 Å². The van der Waals surface area contributed by atoms with Crippen molar-refractivity contribution in [2.75, 3.05) is 40.4 Å². The first-order chi connectivity index (χ1) is 7.30. The number of rotatable bonds is 6. The summed E-state index contributed by atoms with van der Waals surface area (Å²) in [7, 11) is 3.79. The lowest BCUT2D eigenvalue weighted by atomic mass is 9.94. The normalized spacial score (nSPS) is 21.8. The fourth-order valence-electron chi connectivity index (χ4n) is 2.32. The van der Waals surface area contributed by atoms with Crippen LogP contribution in [0.4, 0.5) is 0 Å². The van der Waals surface area contributed by atoms with E-state index in [0.29, 0.717) is 6.04 Å². The van der Waals surface area contributed by atoms with Gasteiger partial charge in [-0.2, -0.15) is 0 Å². The number of likely N-dealkylation sites (N-methyl/N-ethyl adjacent to an activating group) is 1. The third kappa shape index (κ3) is 4.49. The van der Waals surface area contributed by atoms with Crippen LogP contribution in [0, 0.1) is 5.92 Å². The van der Waals surface area contributed by atoms with E-state index in [9.17, 15) is 0 Å². The van der Waals surface area contributed by atoms with Crippen LogP contribution in [0.25, 0.3) is 0 Å². The Morgan fingerprint density at radius 2 is 2.07 bits per heavy atom. The lowest BCUT2D eigenvalue weighted by molar-refractivity contribution is 0.120. The van der Waals surface area contributed by atoms with Crippen LogP contribution in [0.2, 0.25) is 0 Å². The molecule has 1 aliphatic heterocycles. The van der Waals surface area contributed by atoms with Crippen molar-refractivity contribution in [2.24, 2.45) is 5.92 Å². The van der Waals surface area contributed by atoms with Crippen molar-refractivity contribution in [1.29, 1.82) is 0 Å². The molecule has 15 heavy (non-hydrogen) atoms. The summed E-state index contributed by atoms with van der Waals surface area (Å²) in [6.45, 7) is 6.77. The fourth-order valence-corrected chi connectivity index (χ4v) is 2.32. The van der Waals surface area contributed by atoms with Gasteiger partial charge < -0.3 is 15.0 Å². The SMILES string of the molecule is CCC1CCN(CC(COC)NC)CC1. The van der Waals surface area contributed by atoms with Gasteiger partial charge in [-0.1, -0.05) is 13.3 Å². The van der Waals surface area contributed by atoms with Gasteiger partial charge in [0, 0.05) is 19.7 Å². The highest BCUT2D eigenvalue weighted by Crippen LogP contribution is 2.19. The van der Waals surface area contributed by atoms with Gasteiger partial charge in [-0.15, -0.1) is 0 Å². The largest absolute Gasteiger partial charge is 0.383 e. The highest BCUT2D eigenvalue weighted by Gasteiger charge is 2.19. The van der Waals surface area contributed by atoms with Crippen LogP contribution >= 0.6 is 0 Å². The molecule has 0 radical (unpaired) electrons. The number of ether oxygens (including phenoxy) is 1. The van der Waals surface area contributed by atoms with Gasteiger partial charge in [0.25, 0.3) is 0 Å². The maximum Gasteiger partial charge on any atom is 0.0628 e. The Hall–Kier alpha value is -0.120. The fraction of sp³-hybridized carbons (Fsp3) is 1.00. The van der Waals surface area contributed by atoms with Gasteiger partial charge in [0.15, 0.2) is 0 Å². The minimum absolute atomic E-state index is 0.480. The average Bonchev–Trinajstić information content (AvgIpc) is 2.29. The van der Waals surface area contributed by atoms with Crippen molar-refractivity contribution >= 4 is 0 Å². The molecule has 90 valence electrons. The Morgan fingerprint density at radius 3 is 2.53 bits per heavy atom. The summed E-state index contributed by atoms with van der Waals surface area (Å²) in [6.07, 6.45) is 4.10. The molecule has 0 saturated carbocycles. The summed E-state index contributed by atoms with van der Waals surface area (Å²) in [5, 5.41) is 3.31. The van der Waals surface area contributed by atoms with Crippen molar-refractivity contribution in [3.8, 4) is 0 Å². The van der Waals surface area contributed by atoms with Gasteiger partial charge >= 0.3 is 0 Å². The number of hydrogen-bond acceptors (Lipinski definition) is 3. The zero-order valence-electron chi connectivity index (χ0n) is 10.5. The molecule has 1 atom stereocenters. The number of nitrogens with one attached hydrogen (secondary N) is 1. The molecular weight excluding hydrogens is 188 g/mol. The number of hydrogen-bond donors (Lipinski definition) is 1. The van der Waals surface area contributed by atoms with Crippen LogP contribution in [0.3, 0.4) is 0 Å². The molecule has 0 amide bonds. The molecule has 0 aliphatic carbocycles. The van der Waals surface area contributed by atoms with Crippen molar-refractivity contribution in [2.45, 2.75) is 32.2 Å². The van der Waals surface area contributed by atoms with Crippen LogP contribution in [-0.4, -0.2) is 51.3 Å². The molecule has 0 bridgehead atoms. The molecule has 1 heterocycles. The highest BCUT2D eigenvalue weighted by molar-refractivity contribution is 4.76. The van der Waals surface area contributed by atoms with E-state index in [2.05, 4.69) is 17.1 Å². The Balaban J connectivity index is 2.21. The maximum atomic E-state index is 5.19. The van der Waals surface area contributed by atoms with Gasteiger partial charge in [0.05, 0.1) is 6.61 Å². The van der Waals surface area contributed by atoms with Crippen LogP contribution < -0.4 is 5.32 Å². The lowest BCUT2D eigenvalue weighted by Crippen LogP contribution is -2.45. The quantitative estimate of drug-likeness (QED) is 0.722. The van der Waals surface area contributed by atoms with E-state index in [1.54, 1.807) is 7.11 Å². The van der Waals surface area contributed by atoms with E-state index in [1.807, 2.05) is 7.05 Å². The van der Waals surface area contributed by atoms with E-state index < -0.39 is 0 Å². The standard InChI is InChI=1S/C12H26N2O/c1-4-11-5-7-14(8-6-11)9-12(13-2)10-15-3/h11-13H,4-10H2,1-3H3. The second-order valence-corrected chi connectivity index (χ2v) is 4.59. The molecule has 0 aromatic rings. The molecule has 1 unspecified atom stereocenters. The predicted molar refractivity (Wildman–Crippen MR) is 64.2 cm³/mol. The van der Waals surface area contributed by atoms with E-state index in [4.69, 9.17) is 4.74 Å². The Labute approximate surface area is 94.2 Å². The minimum Gasteiger partial charge on any atom is -0.383 e. The summed E-state index contributed by atoms with van der Waals surface area (Å²) in [6, 6.07) is 0.480. The Bertz CT molecular complexity index is 156. The van der Waals surface area contributed by atoms with Crippen molar-refractivity contribution < 1.29 is 4.74 Å². The highest BCUT2D eigenvalue weighted by atomic mass is 16.5. The van der Waals surface area contributed by atoms with Gasteiger partial charge in [-0.05, 0) is 38.9 Å². The zero-order valence-corrected chi connectivity index (χ0v) is 10.5. The average molecular weight is 214 g/mol.